The van der Waals surface area contributed by atoms with Crippen molar-refractivity contribution in [3.63, 3.8) is 0 Å². The number of hydrogen-bond donors (Lipinski definition) is 2. The maximum absolute atomic E-state index is 8.91. The van der Waals surface area contributed by atoms with E-state index in [2.05, 4.69) is 23.1 Å². The van der Waals surface area contributed by atoms with Gasteiger partial charge in [0.2, 0.25) is 0 Å². The van der Waals surface area contributed by atoms with E-state index < -0.39 is 0 Å². The Labute approximate surface area is 90.5 Å². The molecule has 0 atom stereocenters. The third-order valence-electron chi connectivity index (χ3n) is 3.01. The van der Waals surface area contributed by atoms with E-state index in [0.717, 1.165) is 26.1 Å². The quantitative estimate of drug-likeness (QED) is 0.757. The summed E-state index contributed by atoms with van der Waals surface area (Å²) in [4.78, 5) is 2.28. The molecule has 1 aromatic rings. The van der Waals surface area contributed by atoms with E-state index in [4.69, 9.17) is 10.8 Å². The summed E-state index contributed by atoms with van der Waals surface area (Å²) < 4.78 is 0. The molecule has 0 amide bonds. The SMILES string of the molecule is NCc1ccc2c(c1)CN(CCO)CC2. The van der Waals surface area contributed by atoms with Gasteiger partial charge in [0.25, 0.3) is 0 Å². The van der Waals surface area contributed by atoms with Crippen molar-refractivity contribution in [1.82, 2.24) is 4.90 Å². The average Bonchev–Trinajstić information content (AvgIpc) is 2.28. The van der Waals surface area contributed by atoms with Gasteiger partial charge in [-0.25, -0.2) is 0 Å². The second-order valence-corrected chi connectivity index (χ2v) is 4.06. The monoisotopic (exact) mass is 206 g/mol. The first-order valence-electron chi connectivity index (χ1n) is 5.47. The van der Waals surface area contributed by atoms with Crippen molar-refractivity contribution in [3.8, 4) is 0 Å². The van der Waals surface area contributed by atoms with Crippen LogP contribution in [-0.4, -0.2) is 29.7 Å². The smallest absolute Gasteiger partial charge is 0.0558 e. The molecule has 0 saturated carbocycles. The van der Waals surface area contributed by atoms with E-state index in [1.807, 2.05) is 0 Å². The van der Waals surface area contributed by atoms with Crippen molar-refractivity contribution in [3.05, 3.63) is 34.9 Å². The fraction of sp³-hybridized carbons (Fsp3) is 0.500. The largest absolute Gasteiger partial charge is 0.395 e. The van der Waals surface area contributed by atoms with Crippen LogP contribution in [0.3, 0.4) is 0 Å². The van der Waals surface area contributed by atoms with Gasteiger partial charge in [0.15, 0.2) is 0 Å². The summed E-state index contributed by atoms with van der Waals surface area (Å²) in [6.07, 6.45) is 1.08. The number of aliphatic hydroxyl groups is 1. The Morgan fingerprint density at radius 2 is 2.20 bits per heavy atom. The van der Waals surface area contributed by atoms with Gasteiger partial charge in [-0.2, -0.15) is 0 Å². The van der Waals surface area contributed by atoms with Crippen molar-refractivity contribution < 1.29 is 5.11 Å². The van der Waals surface area contributed by atoms with Gasteiger partial charge in [-0.15, -0.1) is 0 Å². The molecule has 0 spiro atoms. The molecule has 0 unspecified atom stereocenters. The summed E-state index contributed by atoms with van der Waals surface area (Å²) in [5.74, 6) is 0. The van der Waals surface area contributed by atoms with Gasteiger partial charge >= 0.3 is 0 Å². The van der Waals surface area contributed by atoms with Crippen LogP contribution in [0.1, 0.15) is 16.7 Å². The predicted molar refractivity (Wildman–Crippen MR) is 60.4 cm³/mol. The summed E-state index contributed by atoms with van der Waals surface area (Å²) in [6.45, 7) is 3.62. The lowest BCUT2D eigenvalue weighted by molar-refractivity contribution is 0.184. The van der Waals surface area contributed by atoms with Gasteiger partial charge in [0.05, 0.1) is 6.61 Å². The lowest BCUT2D eigenvalue weighted by Crippen LogP contribution is -2.32. The molecule has 0 radical (unpaired) electrons. The third-order valence-corrected chi connectivity index (χ3v) is 3.01. The standard InChI is InChI=1S/C12H18N2O/c13-8-10-1-2-11-3-4-14(5-6-15)9-12(11)7-10/h1-2,7,15H,3-6,8-9,13H2. The molecule has 3 N–H and O–H groups in total. The second-order valence-electron chi connectivity index (χ2n) is 4.06. The van der Waals surface area contributed by atoms with Crippen molar-refractivity contribution in [2.45, 2.75) is 19.5 Å². The normalized spacial score (nSPS) is 16.4. The number of nitrogens with two attached hydrogens (primary N) is 1. The van der Waals surface area contributed by atoms with Crippen molar-refractivity contribution >= 4 is 0 Å². The molecule has 15 heavy (non-hydrogen) atoms. The minimum atomic E-state index is 0.242. The number of β-amino-alcohol motifs (C(OH)–C–C–N with tert-alkyl or cyclic N) is 1. The summed E-state index contributed by atoms with van der Waals surface area (Å²) >= 11 is 0. The third kappa shape index (κ3) is 2.37. The maximum Gasteiger partial charge on any atom is 0.0558 e. The van der Waals surface area contributed by atoms with Crippen LogP contribution in [0.25, 0.3) is 0 Å². The molecular weight excluding hydrogens is 188 g/mol. The molecule has 82 valence electrons. The first-order valence-corrected chi connectivity index (χ1v) is 5.47. The van der Waals surface area contributed by atoms with E-state index in [9.17, 15) is 0 Å². The van der Waals surface area contributed by atoms with Crippen molar-refractivity contribution in [1.29, 1.82) is 0 Å². The lowest BCUT2D eigenvalue weighted by Gasteiger charge is -2.28. The highest BCUT2D eigenvalue weighted by Crippen LogP contribution is 2.19. The molecule has 1 aliphatic rings. The number of nitrogens with zero attached hydrogens (tertiary/aromatic N) is 1. The summed E-state index contributed by atoms with van der Waals surface area (Å²) in [7, 11) is 0. The van der Waals surface area contributed by atoms with E-state index in [1.165, 1.54) is 16.7 Å². The number of benzene rings is 1. The van der Waals surface area contributed by atoms with Crippen LogP contribution in [0.2, 0.25) is 0 Å². The summed E-state index contributed by atoms with van der Waals surface area (Å²) in [5.41, 5.74) is 9.62. The predicted octanol–water partition coefficient (Wildman–Crippen LogP) is 0.496. The van der Waals surface area contributed by atoms with Crippen molar-refractivity contribution in [2.24, 2.45) is 5.73 Å². The fourth-order valence-electron chi connectivity index (χ4n) is 2.13. The molecular formula is C12H18N2O. The number of rotatable bonds is 3. The zero-order chi connectivity index (χ0) is 10.7. The molecule has 1 heterocycles. The fourth-order valence-corrected chi connectivity index (χ4v) is 2.13. The Morgan fingerprint density at radius 3 is 2.93 bits per heavy atom. The highest BCUT2D eigenvalue weighted by atomic mass is 16.3. The van der Waals surface area contributed by atoms with Gasteiger partial charge < -0.3 is 10.8 Å². The highest BCUT2D eigenvalue weighted by molar-refractivity contribution is 5.33. The molecule has 0 aromatic heterocycles. The summed E-state index contributed by atoms with van der Waals surface area (Å²) in [6, 6.07) is 6.49. The molecule has 0 bridgehead atoms. The zero-order valence-corrected chi connectivity index (χ0v) is 8.95. The van der Waals surface area contributed by atoms with Gasteiger partial charge in [-0.3, -0.25) is 4.90 Å². The molecule has 3 nitrogen and oxygen atoms in total. The van der Waals surface area contributed by atoms with Gasteiger partial charge in [0, 0.05) is 26.2 Å². The molecule has 3 heteroatoms. The highest BCUT2D eigenvalue weighted by Gasteiger charge is 2.15. The summed E-state index contributed by atoms with van der Waals surface area (Å²) in [5, 5.41) is 8.91. The number of aliphatic hydroxyl groups excluding tert-OH is 1. The topological polar surface area (TPSA) is 49.5 Å². The average molecular weight is 206 g/mol. The Kier molecular flexibility index (Phi) is 3.36. The van der Waals surface area contributed by atoms with Gasteiger partial charge in [0.1, 0.15) is 0 Å². The molecule has 2 rings (SSSR count). The van der Waals surface area contributed by atoms with E-state index >= 15 is 0 Å². The van der Waals surface area contributed by atoms with Crippen LogP contribution in [0.15, 0.2) is 18.2 Å². The Morgan fingerprint density at radius 1 is 1.33 bits per heavy atom. The van der Waals surface area contributed by atoms with E-state index in [-0.39, 0.29) is 6.61 Å². The Hall–Kier alpha value is -0.900. The molecule has 0 fully saturated rings. The lowest BCUT2D eigenvalue weighted by atomic mass is 9.97. The molecule has 1 aliphatic heterocycles. The molecule has 0 saturated heterocycles. The van der Waals surface area contributed by atoms with E-state index in [0.29, 0.717) is 6.54 Å². The number of hydrogen-bond acceptors (Lipinski definition) is 3. The first kappa shape index (κ1) is 10.6. The van der Waals surface area contributed by atoms with Crippen LogP contribution < -0.4 is 5.73 Å². The minimum Gasteiger partial charge on any atom is -0.395 e. The number of fused-ring (bicyclic) bond motifs is 1. The van der Waals surface area contributed by atoms with E-state index in [1.54, 1.807) is 0 Å². The molecule has 0 aliphatic carbocycles. The van der Waals surface area contributed by atoms with Crippen LogP contribution >= 0.6 is 0 Å². The molecule has 1 aromatic carbocycles. The maximum atomic E-state index is 8.91. The minimum absolute atomic E-state index is 0.242. The van der Waals surface area contributed by atoms with Gasteiger partial charge in [-0.05, 0) is 23.1 Å². The van der Waals surface area contributed by atoms with Crippen LogP contribution in [0.4, 0.5) is 0 Å². The zero-order valence-electron chi connectivity index (χ0n) is 8.95. The first-order chi connectivity index (χ1) is 7.33. The van der Waals surface area contributed by atoms with Crippen molar-refractivity contribution in [2.75, 3.05) is 19.7 Å². The Balaban J connectivity index is 2.16. The van der Waals surface area contributed by atoms with Crippen LogP contribution in [0.5, 0.6) is 0 Å². The van der Waals surface area contributed by atoms with Crippen LogP contribution in [0, 0.1) is 0 Å². The Bertz CT molecular complexity index is 338. The van der Waals surface area contributed by atoms with Gasteiger partial charge in [-0.1, -0.05) is 18.2 Å². The van der Waals surface area contributed by atoms with Crippen LogP contribution in [-0.2, 0) is 19.5 Å². The second kappa shape index (κ2) is 4.75.